The van der Waals surface area contributed by atoms with Gasteiger partial charge in [0.2, 0.25) is 0 Å². The summed E-state index contributed by atoms with van der Waals surface area (Å²) < 4.78 is 11.7. The molecule has 4 aromatic carbocycles. The fourth-order valence-electron chi connectivity index (χ4n) is 5.87. The Morgan fingerprint density at radius 3 is 2.12 bits per heavy atom. The summed E-state index contributed by atoms with van der Waals surface area (Å²) >= 11 is 0. The molecule has 0 unspecified atom stereocenters. The number of amides is 2. The Labute approximate surface area is 255 Å². The van der Waals surface area contributed by atoms with E-state index in [9.17, 15) is 9.59 Å². The first-order valence-corrected chi connectivity index (χ1v) is 15.2. The molecular formula is C37H42N2O4. The van der Waals surface area contributed by atoms with Gasteiger partial charge in [0, 0.05) is 19.0 Å². The topological polar surface area (TPSA) is 67.9 Å². The molecule has 0 heterocycles. The lowest BCUT2D eigenvalue weighted by Gasteiger charge is -2.32. The molecule has 6 nitrogen and oxygen atoms in total. The summed E-state index contributed by atoms with van der Waals surface area (Å²) in [5.74, 6) is 0.0601. The van der Waals surface area contributed by atoms with Gasteiger partial charge < -0.3 is 19.7 Å². The molecule has 0 spiro atoms. The van der Waals surface area contributed by atoms with E-state index in [1.165, 1.54) is 22.3 Å². The van der Waals surface area contributed by atoms with E-state index < -0.39 is 17.8 Å². The van der Waals surface area contributed by atoms with Crippen LogP contribution >= 0.6 is 0 Å². The van der Waals surface area contributed by atoms with E-state index in [-0.39, 0.29) is 31.0 Å². The van der Waals surface area contributed by atoms with Crippen LogP contribution in [0.1, 0.15) is 63.6 Å². The van der Waals surface area contributed by atoms with Gasteiger partial charge >= 0.3 is 12.2 Å². The van der Waals surface area contributed by atoms with E-state index in [1.54, 1.807) is 4.90 Å². The summed E-state index contributed by atoms with van der Waals surface area (Å²) in [5, 5.41) is 5.24. The summed E-state index contributed by atoms with van der Waals surface area (Å²) in [4.78, 5) is 28.5. The normalized spacial score (nSPS) is 14.0. The third-order valence-corrected chi connectivity index (χ3v) is 8.29. The van der Waals surface area contributed by atoms with Gasteiger partial charge in [-0.1, -0.05) is 111 Å². The molecule has 0 radical (unpaired) electrons. The van der Waals surface area contributed by atoms with Crippen molar-refractivity contribution in [1.29, 1.82) is 0 Å². The number of carbonyl (C=O) groups excluding carboxylic acids is 2. The molecule has 0 fully saturated rings. The molecule has 4 aromatic rings. The lowest BCUT2D eigenvalue weighted by atomic mass is 9.98. The zero-order valence-electron chi connectivity index (χ0n) is 25.8. The second-order valence-corrected chi connectivity index (χ2v) is 12.5. The number of nitrogens with zero attached hydrogens (tertiary/aromatic N) is 1. The van der Waals surface area contributed by atoms with Crippen LogP contribution in [-0.4, -0.2) is 41.9 Å². The Kier molecular flexibility index (Phi) is 9.05. The molecule has 0 aliphatic heterocycles. The largest absolute Gasteiger partial charge is 0.448 e. The van der Waals surface area contributed by atoms with Crippen LogP contribution in [0, 0.1) is 5.92 Å². The summed E-state index contributed by atoms with van der Waals surface area (Å²) in [6, 6.07) is 30.6. The number of hydrogen-bond donors (Lipinski definition) is 1. The SMILES string of the molecule is CC[C@H](C)[C@@H](CN(Cc1cccc2ccccc12)C(=O)OCC1c2ccccc2-c2ccccc21)NC(=O)OC(C)(C)C. The summed E-state index contributed by atoms with van der Waals surface area (Å²) in [7, 11) is 0. The lowest BCUT2D eigenvalue weighted by Crippen LogP contribution is -2.50. The highest BCUT2D eigenvalue weighted by Gasteiger charge is 2.31. The van der Waals surface area contributed by atoms with Crippen molar-refractivity contribution in [3.63, 3.8) is 0 Å². The van der Waals surface area contributed by atoms with Crippen molar-refractivity contribution in [3.8, 4) is 11.1 Å². The van der Waals surface area contributed by atoms with E-state index in [0.717, 1.165) is 22.8 Å². The zero-order valence-corrected chi connectivity index (χ0v) is 25.8. The molecule has 1 aliphatic carbocycles. The second kappa shape index (κ2) is 12.9. The number of hydrogen-bond acceptors (Lipinski definition) is 4. The van der Waals surface area contributed by atoms with Crippen LogP contribution in [0.25, 0.3) is 21.9 Å². The molecule has 2 amide bonds. The minimum Gasteiger partial charge on any atom is -0.448 e. The molecule has 0 saturated heterocycles. The van der Waals surface area contributed by atoms with Gasteiger partial charge in [0.25, 0.3) is 0 Å². The van der Waals surface area contributed by atoms with Gasteiger partial charge in [0.05, 0.1) is 6.04 Å². The average Bonchev–Trinajstić information content (AvgIpc) is 3.31. The van der Waals surface area contributed by atoms with Gasteiger partial charge in [0.15, 0.2) is 0 Å². The van der Waals surface area contributed by atoms with Gasteiger partial charge in [-0.3, -0.25) is 0 Å². The molecule has 1 N–H and O–H groups in total. The smallest absolute Gasteiger partial charge is 0.410 e. The first-order valence-electron chi connectivity index (χ1n) is 15.2. The quantitative estimate of drug-likeness (QED) is 0.216. The maximum absolute atomic E-state index is 14.0. The second-order valence-electron chi connectivity index (χ2n) is 12.5. The van der Waals surface area contributed by atoms with Crippen LogP contribution in [-0.2, 0) is 16.0 Å². The number of rotatable bonds is 9. The van der Waals surface area contributed by atoms with Crippen molar-refractivity contribution in [2.45, 2.75) is 65.1 Å². The van der Waals surface area contributed by atoms with E-state index in [1.807, 2.05) is 69.3 Å². The van der Waals surface area contributed by atoms with Gasteiger partial charge in [-0.25, -0.2) is 9.59 Å². The molecule has 6 heteroatoms. The molecule has 224 valence electrons. The number of ether oxygens (including phenoxy) is 2. The van der Waals surface area contributed by atoms with Crippen LogP contribution in [0.4, 0.5) is 9.59 Å². The third-order valence-electron chi connectivity index (χ3n) is 8.29. The molecule has 1 aliphatic rings. The molecule has 0 bridgehead atoms. The van der Waals surface area contributed by atoms with Crippen LogP contribution in [0.3, 0.4) is 0 Å². The minimum atomic E-state index is -0.625. The Balaban J connectivity index is 1.41. The fourth-order valence-corrected chi connectivity index (χ4v) is 5.87. The van der Waals surface area contributed by atoms with Crippen molar-refractivity contribution in [2.75, 3.05) is 13.2 Å². The van der Waals surface area contributed by atoms with Gasteiger partial charge in [-0.15, -0.1) is 0 Å². The van der Waals surface area contributed by atoms with E-state index in [4.69, 9.17) is 9.47 Å². The summed E-state index contributed by atoms with van der Waals surface area (Å²) in [5.41, 5.74) is 5.10. The number of carbonyl (C=O) groups is 2. The van der Waals surface area contributed by atoms with Crippen molar-refractivity contribution < 1.29 is 19.1 Å². The highest BCUT2D eigenvalue weighted by Crippen LogP contribution is 2.44. The Hall–Kier alpha value is -4.32. The van der Waals surface area contributed by atoms with Crippen molar-refractivity contribution >= 4 is 23.0 Å². The van der Waals surface area contributed by atoms with E-state index in [0.29, 0.717) is 6.54 Å². The number of benzene rings is 4. The Morgan fingerprint density at radius 2 is 1.47 bits per heavy atom. The third kappa shape index (κ3) is 7.02. The number of fused-ring (bicyclic) bond motifs is 4. The highest BCUT2D eigenvalue weighted by atomic mass is 16.6. The maximum Gasteiger partial charge on any atom is 0.410 e. The highest BCUT2D eigenvalue weighted by molar-refractivity contribution is 5.86. The van der Waals surface area contributed by atoms with Crippen LogP contribution in [0.2, 0.25) is 0 Å². The van der Waals surface area contributed by atoms with Crippen LogP contribution in [0.15, 0.2) is 91.0 Å². The van der Waals surface area contributed by atoms with Crippen molar-refractivity contribution in [3.05, 3.63) is 108 Å². The molecule has 2 atom stereocenters. The average molecular weight is 579 g/mol. The molecule has 5 rings (SSSR count). The number of nitrogens with one attached hydrogen (secondary N) is 1. The monoisotopic (exact) mass is 578 g/mol. The van der Waals surface area contributed by atoms with E-state index >= 15 is 0 Å². The van der Waals surface area contributed by atoms with Gasteiger partial charge in [0.1, 0.15) is 12.2 Å². The van der Waals surface area contributed by atoms with Crippen molar-refractivity contribution in [2.24, 2.45) is 5.92 Å². The van der Waals surface area contributed by atoms with Gasteiger partial charge in [-0.2, -0.15) is 0 Å². The predicted octanol–water partition coefficient (Wildman–Crippen LogP) is 8.53. The zero-order chi connectivity index (χ0) is 30.6. The standard InChI is InChI=1S/C37H42N2O4/c1-6-25(2)34(38-35(40)43-37(3,4)5)23-39(22-27-16-13-15-26-14-7-8-17-28(26)27)36(41)42-24-33-31-20-11-9-18-29(31)30-19-10-12-21-32(30)33/h7-21,25,33-34H,6,22-24H2,1-5H3,(H,38,40)/t25-,34+/m0/s1. The molecule has 0 saturated carbocycles. The lowest BCUT2D eigenvalue weighted by molar-refractivity contribution is 0.0453. The summed E-state index contributed by atoms with van der Waals surface area (Å²) in [6.07, 6.45) is -0.0719. The van der Waals surface area contributed by atoms with Crippen LogP contribution in [0.5, 0.6) is 0 Å². The Bertz CT molecular complexity index is 1540. The molecular weight excluding hydrogens is 536 g/mol. The first kappa shape index (κ1) is 30.1. The fraction of sp³-hybridized carbons (Fsp3) is 0.351. The minimum absolute atomic E-state index is 0.0407. The van der Waals surface area contributed by atoms with E-state index in [2.05, 4.69) is 61.6 Å². The molecule has 43 heavy (non-hydrogen) atoms. The maximum atomic E-state index is 14.0. The van der Waals surface area contributed by atoms with Gasteiger partial charge in [-0.05, 0) is 65.3 Å². The Morgan fingerprint density at radius 1 is 0.860 bits per heavy atom. The first-order chi connectivity index (χ1) is 20.6. The molecule has 0 aromatic heterocycles. The van der Waals surface area contributed by atoms with Crippen LogP contribution < -0.4 is 5.32 Å². The van der Waals surface area contributed by atoms with Crippen molar-refractivity contribution in [1.82, 2.24) is 10.2 Å². The summed E-state index contributed by atoms with van der Waals surface area (Å²) in [6.45, 7) is 10.5. The predicted molar refractivity (Wildman–Crippen MR) is 172 cm³/mol. The number of alkyl carbamates (subject to hydrolysis) is 1.